The number of thiazole rings is 1. The van der Waals surface area contributed by atoms with Crippen LogP contribution in [0.2, 0.25) is 0 Å². The van der Waals surface area contributed by atoms with Crippen LogP contribution in [-0.2, 0) is 4.79 Å². The first-order valence-electron chi connectivity index (χ1n) is 10.8. The van der Waals surface area contributed by atoms with Crippen LogP contribution in [0.1, 0.15) is 23.4 Å². The average Bonchev–Trinajstić information content (AvgIpc) is 3.59. The van der Waals surface area contributed by atoms with Crippen molar-refractivity contribution in [2.45, 2.75) is 19.8 Å². The maximum atomic E-state index is 13.2. The van der Waals surface area contributed by atoms with E-state index in [1.54, 1.807) is 24.3 Å². The summed E-state index contributed by atoms with van der Waals surface area (Å²) in [6.45, 7) is 3.03. The van der Waals surface area contributed by atoms with Gasteiger partial charge in [0.25, 0.3) is 5.89 Å². The van der Waals surface area contributed by atoms with Gasteiger partial charge in [-0.3, -0.25) is 4.79 Å². The summed E-state index contributed by atoms with van der Waals surface area (Å²) >= 11 is 1.39. The van der Waals surface area contributed by atoms with Crippen LogP contribution in [0.25, 0.3) is 22.9 Å². The number of halogens is 1. The van der Waals surface area contributed by atoms with E-state index >= 15 is 0 Å². The van der Waals surface area contributed by atoms with Crippen LogP contribution < -0.4 is 10.2 Å². The van der Waals surface area contributed by atoms with Crippen molar-refractivity contribution in [2.24, 2.45) is 5.92 Å². The lowest BCUT2D eigenvalue weighted by atomic mass is 9.96. The molecule has 1 fully saturated rings. The number of rotatable bonds is 5. The lowest BCUT2D eigenvalue weighted by Gasteiger charge is -2.30. The van der Waals surface area contributed by atoms with Crippen LogP contribution >= 0.6 is 11.3 Å². The minimum absolute atomic E-state index is 0.0894. The van der Waals surface area contributed by atoms with Gasteiger partial charge in [0.15, 0.2) is 10.9 Å². The molecule has 1 aliphatic rings. The Morgan fingerprint density at radius 1 is 1.24 bits per heavy atom. The van der Waals surface area contributed by atoms with E-state index in [0.717, 1.165) is 16.1 Å². The number of nitrogens with one attached hydrogen (secondary N) is 1. The molecule has 10 heteroatoms. The average molecular weight is 478 g/mol. The molecule has 0 unspecified atom stereocenters. The lowest BCUT2D eigenvalue weighted by Crippen LogP contribution is -2.38. The fourth-order valence-corrected chi connectivity index (χ4v) is 4.82. The number of oxazole rings is 1. The van der Waals surface area contributed by atoms with Crippen molar-refractivity contribution >= 4 is 28.3 Å². The summed E-state index contributed by atoms with van der Waals surface area (Å²) in [6, 6.07) is 11.6. The maximum Gasteiger partial charge on any atom is 0.266 e. The van der Waals surface area contributed by atoms with Crippen molar-refractivity contribution < 1.29 is 18.0 Å². The predicted octanol–water partition coefficient (Wildman–Crippen LogP) is 5.23. The Morgan fingerprint density at radius 3 is 2.68 bits per heavy atom. The van der Waals surface area contributed by atoms with Gasteiger partial charge in [-0.25, -0.2) is 9.37 Å². The third kappa shape index (κ3) is 4.30. The number of anilines is 2. The van der Waals surface area contributed by atoms with Crippen molar-refractivity contribution in [3.05, 3.63) is 59.0 Å². The third-order valence-electron chi connectivity index (χ3n) is 5.74. The first-order chi connectivity index (χ1) is 16.5. The van der Waals surface area contributed by atoms with Crippen LogP contribution in [-0.4, -0.2) is 29.0 Å². The number of carbonyl (C=O) groups excluding carboxylic acids is 1. The van der Waals surface area contributed by atoms with Gasteiger partial charge in [-0.05, 0) is 56.2 Å². The Balaban J connectivity index is 1.23. The van der Waals surface area contributed by atoms with Gasteiger partial charge in [0, 0.05) is 29.4 Å². The zero-order valence-corrected chi connectivity index (χ0v) is 19.1. The minimum Gasteiger partial charge on any atom is -0.459 e. The number of furan rings is 1. The number of hydrogen-bond donors (Lipinski definition) is 1. The topological polar surface area (TPSA) is 108 Å². The number of hydrogen-bond acceptors (Lipinski definition) is 8. The quantitative estimate of drug-likeness (QED) is 0.419. The van der Waals surface area contributed by atoms with E-state index in [1.165, 1.54) is 29.7 Å². The molecule has 4 heterocycles. The zero-order chi connectivity index (χ0) is 23.7. The number of nitrogens with zero attached hydrogens (tertiary/aromatic N) is 4. The molecular weight excluding hydrogens is 457 g/mol. The highest BCUT2D eigenvalue weighted by atomic mass is 32.1. The molecule has 4 aromatic rings. The van der Waals surface area contributed by atoms with Gasteiger partial charge in [-0.1, -0.05) is 0 Å². The molecule has 0 atom stereocenters. The molecule has 1 aliphatic heterocycles. The first kappa shape index (κ1) is 21.9. The Labute approximate surface area is 198 Å². The second-order valence-corrected chi connectivity index (χ2v) is 9.15. The fraction of sp³-hybridized carbons (Fsp3) is 0.250. The van der Waals surface area contributed by atoms with Crippen molar-refractivity contribution in [3.63, 3.8) is 0 Å². The molecule has 1 aromatic carbocycles. The summed E-state index contributed by atoms with van der Waals surface area (Å²) in [6.07, 6.45) is 2.72. The summed E-state index contributed by atoms with van der Waals surface area (Å²) in [5, 5.41) is 12.9. The minimum atomic E-state index is -0.305. The second kappa shape index (κ2) is 9.11. The number of amides is 1. The monoisotopic (exact) mass is 477 g/mol. The first-order valence-corrected chi connectivity index (χ1v) is 11.6. The molecule has 172 valence electrons. The van der Waals surface area contributed by atoms with Gasteiger partial charge in [-0.2, -0.15) is 10.2 Å². The highest BCUT2D eigenvalue weighted by Crippen LogP contribution is 2.33. The van der Waals surface area contributed by atoms with E-state index in [1.807, 2.05) is 11.8 Å². The number of aromatic nitrogens is 2. The van der Waals surface area contributed by atoms with E-state index in [4.69, 9.17) is 8.83 Å². The molecule has 0 saturated carbocycles. The predicted molar refractivity (Wildman–Crippen MR) is 125 cm³/mol. The number of carbonyl (C=O) groups is 1. The second-order valence-electron chi connectivity index (χ2n) is 7.94. The molecule has 0 bridgehead atoms. The number of nitriles is 1. The molecule has 1 saturated heterocycles. The summed E-state index contributed by atoms with van der Waals surface area (Å²) in [5.74, 6) is 0.526. The standard InChI is InChI=1S/C24H20FN5O3S/c1-14-20(15-4-6-17(25)7-5-15)28-24(34-14)29-21(31)16-8-10-30(11-9-16)23-18(13-26)27-22(33-23)19-3-2-12-32-19/h2-7,12,16H,8-11H2,1H3,(H,28,29,31). The van der Waals surface area contributed by atoms with Crippen LogP contribution in [0, 0.1) is 30.0 Å². The number of aryl methyl sites for hydroxylation is 1. The maximum absolute atomic E-state index is 13.2. The molecule has 34 heavy (non-hydrogen) atoms. The third-order valence-corrected chi connectivity index (χ3v) is 6.63. The Morgan fingerprint density at radius 2 is 2.00 bits per heavy atom. The van der Waals surface area contributed by atoms with Gasteiger partial charge in [0.2, 0.25) is 17.5 Å². The van der Waals surface area contributed by atoms with E-state index in [9.17, 15) is 14.4 Å². The van der Waals surface area contributed by atoms with Crippen molar-refractivity contribution in [3.8, 4) is 29.0 Å². The smallest absolute Gasteiger partial charge is 0.266 e. The van der Waals surface area contributed by atoms with Crippen LogP contribution in [0.15, 0.2) is 51.5 Å². The summed E-state index contributed by atoms with van der Waals surface area (Å²) in [7, 11) is 0. The summed E-state index contributed by atoms with van der Waals surface area (Å²) in [4.78, 5) is 24.5. The van der Waals surface area contributed by atoms with E-state index in [2.05, 4.69) is 21.4 Å². The van der Waals surface area contributed by atoms with E-state index in [-0.39, 0.29) is 29.2 Å². The molecule has 1 N–H and O–H groups in total. The molecule has 5 rings (SSSR count). The molecule has 0 radical (unpaired) electrons. The molecular formula is C24H20FN5O3S. The Bertz CT molecular complexity index is 1350. The highest BCUT2D eigenvalue weighted by Gasteiger charge is 2.30. The van der Waals surface area contributed by atoms with Crippen LogP contribution in [0.5, 0.6) is 0 Å². The van der Waals surface area contributed by atoms with E-state index < -0.39 is 0 Å². The molecule has 3 aromatic heterocycles. The van der Waals surface area contributed by atoms with Crippen molar-refractivity contribution in [1.29, 1.82) is 5.26 Å². The van der Waals surface area contributed by atoms with Gasteiger partial charge in [-0.15, -0.1) is 11.3 Å². The van der Waals surface area contributed by atoms with Crippen LogP contribution in [0.3, 0.4) is 0 Å². The van der Waals surface area contributed by atoms with Crippen LogP contribution in [0.4, 0.5) is 15.4 Å². The summed E-state index contributed by atoms with van der Waals surface area (Å²) in [5.41, 5.74) is 1.73. The number of piperidine rings is 1. The lowest BCUT2D eigenvalue weighted by molar-refractivity contribution is -0.120. The van der Waals surface area contributed by atoms with Gasteiger partial charge < -0.3 is 19.1 Å². The zero-order valence-electron chi connectivity index (χ0n) is 18.2. The fourth-order valence-electron chi connectivity index (χ4n) is 3.98. The Hall–Kier alpha value is -3.97. The largest absolute Gasteiger partial charge is 0.459 e. The Kier molecular flexibility index (Phi) is 5.86. The summed E-state index contributed by atoms with van der Waals surface area (Å²) < 4.78 is 24.3. The normalized spacial score (nSPS) is 14.2. The van der Waals surface area contributed by atoms with Crippen molar-refractivity contribution in [1.82, 2.24) is 9.97 Å². The molecule has 8 nitrogen and oxygen atoms in total. The molecule has 0 aliphatic carbocycles. The highest BCUT2D eigenvalue weighted by molar-refractivity contribution is 7.16. The van der Waals surface area contributed by atoms with Crippen molar-refractivity contribution in [2.75, 3.05) is 23.3 Å². The molecule has 0 spiro atoms. The SMILES string of the molecule is Cc1sc(NC(=O)C2CCN(c3oc(-c4ccco4)nc3C#N)CC2)nc1-c1ccc(F)cc1. The van der Waals surface area contributed by atoms with E-state index in [0.29, 0.717) is 42.7 Å². The molecule has 1 amide bonds. The van der Waals surface area contributed by atoms with Gasteiger partial charge >= 0.3 is 0 Å². The van der Waals surface area contributed by atoms with Gasteiger partial charge in [0.05, 0.1) is 12.0 Å². The number of benzene rings is 1. The van der Waals surface area contributed by atoms with Gasteiger partial charge in [0.1, 0.15) is 11.9 Å².